The molecule has 0 fully saturated rings. The van der Waals surface area contributed by atoms with Crippen molar-refractivity contribution in [1.29, 1.82) is 0 Å². The molecule has 3 N–H and O–H groups in total. The Morgan fingerprint density at radius 1 is 1.53 bits per heavy atom. The highest BCUT2D eigenvalue weighted by Gasteiger charge is 2.25. The number of benzene rings is 1. The average molecular weight is 305 g/mol. The lowest BCUT2D eigenvalue weighted by Gasteiger charge is -2.09. The van der Waals surface area contributed by atoms with Gasteiger partial charge in [0.05, 0.1) is 9.92 Å². The predicted molar refractivity (Wildman–Crippen MR) is 74.1 cm³/mol. The minimum absolute atomic E-state index is 0.0238. The summed E-state index contributed by atoms with van der Waals surface area (Å²) in [5, 5.41) is 0.334. The molecule has 2 rings (SSSR count). The lowest BCUT2D eigenvalue weighted by atomic mass is 10.1. The number of rotatable bonds is 5. The van der Waals surface area contributed by atoms with Crippen LogP contribution in [-0.2, 0) is 16.4 Å². The van der Waals surface area contributed by atoms with Crippen LogP contribution in [0.1, 0.15) is 18.9 Å². The van der Waals surface area contributed by atoms with Crippen molar-refractivity contribution in [3.63, 3.8) is 0 Å². The van der Waals surface area contributed by atoms with Gasteiger partial charge in [-0.15, -0.1) is 0 Å². The van der Waals surface area contributed by atoms with Crippen LogP contribution in [0.15, 0.2) is 17.0 Å². The van der Waals surface area contributed by atoms with E-state index in [-0.39, 0.29) is 11.0 Å². The van der Waals surface area contributed by atoms with Crippen molar-refractivity contribution in [2.24, 2.45) is 5.73 Å². The molecule has 0 saturated heterocycles. The molecular weight excluding hydrogens is 288 g/mol. The van der Waals surface area contributed by atoms with Gasteiger partial charge in [-0.1, -0.05) is 11.6 Å². The highest BCUT2D eigenvalue weighted by Crippen LogP contribution is 2.37. The summed E-state index contributed by atoms with van der Waals surface area (Å²) in [6.45, 7) is 2.68. The van der Waals surface area contributed by atoms with Gasteiger partial charge in [0.2, 0.25) is 10.0 Å². The van der Waals surface area contributed by atoms with Gasteiger partial charge >= 0.3 is 0 Å². The maximum atomic E-state index is 12.1. The number of fused-ring (bicyclic) bond motifs is 1. The van der Waals surface area contributed by atoms with Crippen LogP contribution in [0.3, 0.4) is 0 Å². The van der Waals surface area contributed by atoms with Crippen LogP contribution in [0.25, 0.3) is 0 Å². The molecule has 1 aliphatic heterocycles. The molecule has 0 spiro atoms. The second kappa shape index (κ2) is 5.66. The SMILES string of the molecule is CC1Cc2cc(S(=O)(=O)NCCCN)cc(Cl)c2O1. The third-order valence-electron chi connectivity index (χ3n) is 2.90. The first kappa shape index (κ1) is 14.6. The van der Waals surface area contributed by atoms with Crippen LogP contribution in [0.2, 0.25) is 5.02 Å². The summed E-state index contributed by atoms with van der Waals surface area (Å²) in [7, 11) is -3.54. The van der Waals surface area contributed by atoms with Gasteiger partial charge in [0.1, 0.15) is 11.9 Å². The lowest BCUT2D eigenvalue weighted by Crippen LogP contribution is -2.26. The highest BCUT2D eigenvalue weighted by atomic mass is 35.5. The van der Waals surface area contributed by atoms with E-state index in [0.29, 0.717) is 36.7 Å². The van der Waals surface area contributed by atoms with Crippen molar-refractivity contribution in [3.8, 4) is 5.75 Å². The second-order valence-electron chi connectivity index (χ2n) is 4.57. The molecule has 19 heavy (non-hydrogen) atoms. The first-order valence-corrected chi connectivity index (χ1v) is 7.99. The van der Waals surface area contributed by atoms with Gasteiger partial charge in [0.25, 0.3) is 0 Å². The Bertz CT molecular complexity index is 575. The van der Waals surface area contributed by atoms with E-state index in [9.17, 15) is 8.42 Å². The average Bonchev–Trinajstić information content (AvgIpc) is 2.70. The Labute approximate surface area is 118 Å². The number of sulfonamides is 1. The fourth-order valence-corrected chi connectivity index (χ4v) is 3.50. The van der Waals surface area contributed by atoms with Crippen LogP contribution in [0.5, 0.6) is 5.75 Å². The lowest BCUT2D eigenvalue weighted by molar-refractivity contribution is 0.255. The standard InChI is InChI=1S/C12H17ClN2O3S/c1-8-5-9-6-10(7-11(13)12(9)18-8)19(16,17)15-4-2-3-14/h6-8,15H,2-5,14H2,1H3. The molecule has 5 nitrogen and oxygen atoms in total. The molecule has 106 valence electrons. The van der Waals surface area contributed by atoms with Crippen molar-refractivity contribution in [3.05, 3.63) is 22.7 Å². The number of hydrogen-bond donors (Lipinski definition) is 2. The molecule has 0 aliphatic carbocycles. The summed E-state index contributed by atoms with van der Waals surface area (Å²) < 4.78 is 32.2. The van der Waals surface area contributed by atoms with Crippen molar-refractivity contribution < 1.29 is 13.2 Å². The van der Waals surface area contributed by atoms with E-state index in [1.807, 2.05) is 6.92 Å². The van der Waals surface area contributed by atoms with Gasteiger partial charge in [-0.25, -0.2) is 13.1 Å². The molecule has 0 radical (unpaired) electrons. The maximum Gasteiger partial charge on any atom is 0.240 e. The number of halogens is 1. The molecule has 0 amide bonds. The molecule has 1 heterocycles. The Kier molecular flexibility index (Phi) is 4.35. The van der Waals surface area contributed by atoms with E-state index in [0.717, 1.165) is 5.56 Å². The Balaban J connectivity index is 2.27. The molecule has 1 atom stereocenters. The number of hydrogen-bond acceptors (Lipinski definition) is 4. The van der Waals surface area contributed by atoms with E-state index in [2.05, 4.69) is 4.72 Å². The Hall–Kier alpha value is -0.820. The van der Waals surface area contributed by atoms with Crippen molar-refractivity contribution >= 4 is 21.6 Å². The van der Waals surface area contributed by atoms with E-state index in [1.165, 1.54) is 6.07 Å². The van der Waals surface area contributed by atoms with Gasteiger partial charge in [-0.3, -0.25) is 0 Å². The van der Waals surface area contributed by atoms with E-state index in [1.54, 1.807) is 6.07 Å². The van der Waals surface area contributed by atoms with Gasteiger partial charge in [-0.2, -0.15) is 0 Å². The number of nitrogens with two attached hydrogens (primary N) is 1. The first-order valence-electron chi connectivity index (χ1n) is 6.13. The largest absolute Gasteiger partial charge is 0.489 e. The van der Waals surface area contributed by atoms with Crippen molar-refractivity contribution in [1.82, 2.24) is 4.72 Å². The highest BCUT2D eigenvalue weighted by molar-refractivity contribution is 7.89. The van der Waals surface area contributed by atoms with Crippen LogP contribution in [-0.4, -0.2) is 27.6 Å². The maximum absolute atomic E-state index is 12.1. The quantitative estimate of drug-likeness (QED) is 0.803. The van der Waals surface area contributed by atoms with Crippen LogP contribution < -0.4 is 15.2 Å². The fourth-order valence-electron chi connectivity index (χ4n) is 2.01. The zero-order chi connectivity index (χ0) is 14.0. The molecule has 0 aromatic heterocycles. The van der Waals surface area contributed by atoms with E-state index >= 15 is 0 Å². The monoisotopic (exact) mass is 304 g/mol. The predicted octanol–water partition coefficient (Wildman–Crippen LogP) is 1.29. The van der Waals surface area contributed by atoms with Crippen LogP contribution in [0.4, 0.5) is 0 Å². The van der Waals surface area contributed by atoms with Gasteiger partial charge < -0.3 is 10.5 Å². The number of nitrogens with one attached hydrogen (secondary N) is 1. The summed E-state index contributed by atoms with van der Waals surface area (Å²) in [6.07, 6.45) is 1.29. The molecular formula is C12H17ClN2O3S. The summed E-state index contributed by atoms with van der Waals surface area (Å²) in [5.74, 6) is 0.593. The number of ether oxygens (including phenoxy) is 1. The summed E-state index contributed by atoms with van der Waals surface area (Å²) >= 11 is 6.07. The Morgan fingerprint density at radius 2 is 2.26 bits per heavy atom. The summed E-state index contributed by atoms with van der Waals surface area (Å²) in [5.41, 5.74) is 6.17. The van der Waals surface area contributed by atoms with Crippen molar-refractivity contribution in [2.45, 2.75) is 30.8 Å². The third-order valence-corrected chi connectivity index (χ3v) is 4.62. The van der Waals surface area contributed by atoms with Crippen molar-refractivity contribution in [2.75, 3.05) is 13.1 Å². The fraction of sp³-hybridized carbons (Fsp3) is 0.500. The molecule has 1 aliphatic rings. The van der Waals surface area contributed by atoms with Crippen LogP contribution in [0, 0.1) is 0 Å². The zero-order valence-corrected chi connectivity index (χ0v) is 12.2. The molecule has 0 bridgehead atoms. The Morgan fingerprint density at radius 3 is 2.95 bits per heavy atom. The minimum atomic E-state index is -3.54. The van der Waals surface area contributed by atoms with E-state index in [4.69, 9.17) is 22.1 Å². The zero-order valence-electron chi connectivity index (χ0n) is 10.6. The summed E-state index contributed by atoms with van der Waals surface area (Å²) in [6, 6.07) is 3.04. The van der Waals surface area contributed by atoms with E-state index < -0.39 is 10.0 Å². The van der Waals surface area contributed by atoms with Gasteiger partial charge in [0.15, 0.2) is 0 Å². The molecule has 7 heteroatoms. The minimum Gasteiger partial charge on any atom is -0.489 e. The van der Waals surface area contributed by atoms with Gasteiger partial charge in [-0.05, 0) is 32.0 Å². The van der Waals surface area contributed by atoms with Gasteiger partial charge in [0, 0.05) is 18.5 Å². The topological polar surface area (TPSA) is 81.4 Å². The molecule has 1 unspecified atom stereocenters. The van der Waals surface area contributed by atoms with Crippen LogP contribution >= 0.6 is 11.6 Å². The third kappa shape index (κ3) is 3.20. The summed E-state index contributed by atoms with van der Waals surface area (Å²) in [4.78, 5) is 0.172. The molecule has 1 aromatic carbocycles. The molecule has 0 saturated carbocycles. The smallest absolute Gasteiger partial charge is 0.240 e. The first-order chi connectivity index (χ1) is 8.94. The normalized spacial score (nSPS) is 18.2. The molecule has 1 aromatic rings. The second-order valence-corrected chi connectivity index (χ2v) is 6.74.